The van der Waals surface area contributed by atoms with Gasteiger partial charge in [-0.3, -0.25) is 9.59 Å². The zero-order chi connectivity index (χ0) is 59.2. The normalized spacial score (nSPS) is 12.6. The van der Waals surface area contributed by atoms with Gasteiger partial charge in [-0.15, -0.1) is 0 Å². The predicted octanol–water partition coefficient (Wildman–Crippen LogP) is 24.5. The van der Waals surface area contributed by atoms with Crippen LogP contribution in [0.1, 0.15) is 425 Å². The van der Waals surface area contributed by atoms with E-state index in [9.17, 15) is 19.8 Å². The Labute approximate surface area is 513 Å². The van der Waals surface area contributed by atoms with Crippen LogP contribution in [0.4, 0.5) is 0 Å². The second kappa shape index (κ2) is 71.8. The SMILES string of the molecule is CCCCCCCCCCCCC/C=C/C(O)C(CO)NC(=O)CCCCCCCCCCCCCCCCCCC/C=C\CCCCCCCCCCCCCCOC(=O)CCCCCCCCCCCCCCCCCCCCC. The number of rotatable bonds is 71. The molecule has 3 N–H and O–H groups in total. The number of aliphatic hydroxyl groups is 2. The maximum absolute atomic E-state index is 12.5. The molecule has 0 saturated heterocycles. The van der Waals surface area contributed by atoms with Crippen LogP contribution in [0, 0.1) is 0 Å². The van der Waals surface area contributed by atoms with E-state index in [4.69, 9.17) is 4.74 Å². The Kier molecular flexibility index (Phi) is 70.4. The minimum absolute atomic E-state index is 0.0240. The lowest BCUT2D eigenvalue weighted by Crippen LogP contribution is -2.45. The molecule has 0 aromatic rings. The molecule has 6 nitrogen and oxygen atoms in total. The third-order valence-electron chi connectivity index (χ3n) is 17.7. The number of hydrogen-bond acceptors (Lipinski definition) is 5. The molecule has 0 aliphatic heterocycles. The van der Waals surface area contributed by atoms with Crippen molar-refractivity contribution in [2.24, 2.45) is 0 Å². The highest BCUT2D eigenvalue weighted by atomic mass is 16.5. The molecule has 0 aromatic heterocycles. The van der Waals surface area contributed by atoms with E-state index in [1.165, 1.54) is 360 Å². The fraction of sp³-hybridized carbons (Fsp3) is 0.921. The molecule has 6 heteroatoms. The van der Waals surface area contributed by atoms with Gasteiger partial charge >= 0.3 is 5.97 Å². The first-order valence-corrected chi connectivity index (χ1v) is 37.6. The molecular weight excluding hydrogens is 1010 g/mol. The van der Waals surface area contributed by atoms with E-state index in [0.29, 0.717) is 19.4 Å². The molecule has 0 aromatic carbocycles. The average molecular weight is 1160 g/mol. The molecule has 0 aliphatic carbocycles. The molecule has 0 radical (unpaired) electrons. The van der Waals surface area contributed by atoms with E-state index in [-0.39, 0.29) is 18.5 Å². The van der Waals surface area contributed by atoms with Crippen molar-refractivity contribution >= 4 is 11.9 Å². The van der Waals surface area contributed by atoms with Crippen LogP contribution < -0.4 is 5.32 Å². The zero-order valence-corrected chi connectivity index (χ0v) is 55.8. The van der Waals surface area contributed by atoms with Gasteiger partial charge < -0.3 is 20.3 Å². The molecule has 0 saturated carbocycles. The Morgan fingerprint density at radius 2 is 0.573 bits per heavy atom. The van der Waals surface area contributed by atoms with E-state index < -0.39 is 12.1 Å². The molecule has 82 heavy (non-hydrogen) atoms. The smallest absolute Gasteiger partial charge is 0.305 e. The van der Waals surface area contributed by atoms with Crippen LogP contribution in [-0.2, 0) is 14.3 Å². The number of esters is 1. The molecule has 0 bridgehead atoms. The highest BCUT2D eigenvalue weighted by Crippen LogP contribution is 2.19. The quantitative estimate of drug-likeness (QED) is 0.0320. The van der Waals surface area contributed by atoms with Gasteiger partial charge in [0.15, 0.2) is 0 Å². The summed E-state index contributed by atoms with van der Waals surface area (Å²) >= 11 is 0. The number of amides is 1. The summed E-state index contributed by atoms with van der Waals surface area (Å²) < 4.78 is 5.52. The summed E-state index contributed by atoms with van der Waals surface area (Å²) in [5.74, 6) is -0.0390. The monoisotopic (exact) mass is 1150 g/mol. The Hall–Kier alpha value is -1.66. The van der Waals surface area contributed by atoms with Crippen LogP contribution in [0.25, 0.3) is 0 Å². The van der Waals surface area contributed by atoms with E-state index >= 15 is 0 Å². The van der Waals surface area contributed by atoms with Crippen molar-refractivity contribution in [2.75, 3.05) is 13.2 Å². The number of carbonyl (C=O) groups is 2. The van der Waals surface area contributed by atoms with E-state index in [1.807, 2.05) is 6.08 Å². The Bertz CT molecular complexity index is 1280. The second-order valence-corrected chi connectivity index (χ2v) is 26.0. The van der Waals surface area contributed by atoms with Crippen molar-refractivity contribution in [1.82, 2.24) is 5.32 Å². The third kappa shape index (κ3) is 67.5. The summed E-state index contributed by atoms with van der Waals surface area (Å²) in [6, 6.07) is -0.624. The van der Waals surface area contributed by atoms with Gasteiger partial charge in [-0.05, 0) is 57.8 Å². The molecule has 0 rings (SSSR count). The average Bonchev–Trinajstić information content (AvgIpc) is 3.48. The predicted molar refractivity (Wildman–Crippen MR) is 361 cm³/mol. The second-order valence-electron chi connectivity index (χ2n) is 26.0. The minimum Gasteiger partial charge on any atom is -0.466 e. The van der Waals surface area contributed by atoms with Crippen molar-refractivity contribution in [1.29, 1.82) is 0 Å². The van der Waals surface area contributed by atoms with Gasteiger partial charge in [-0.2, -0.15) is 0 Å². The lowest BCUT2D eigenvalue weighted by atomic mass is 10.0. The maximum Gasteiger partial charge on any atom is 0.305 e. The van der Waals surface area contributed by atoms with Crippen molar-refractivity contribution in [3.8, 4) is 0 Å². The first-order chi connectivity index (χ1) is 40.5. The summed E-state index contributed by atoms with van der Waals surface area (Å²) in [6.45, 7) is 4.94. The van der Waals surface area contributed by atoms with Gasteiger partial charge in [-0.1, -0.05) is 378 Å². The van der Waals surface area contributed by atoms with Crippen LogP contribution in [0.3, 0.4) is 0 Å². The van der Waals surface area contributed by atoms with Crippen LogP contribution in [0.2, 0.25) is 0 Å². The summed E-state index contributed by atoms with van der Waals surface area (Å²) in [5.41, 5.74) is 0. The number of aliphatic hydroxyl groups excluding tert-OH is 2. The highest BCUT2D eigenvalue weighted by molar-refractivity contribution is 5.76. The van der Waals surface area contributed by atoms with E-state index in [0.717, 1.165) is 38.5 Å². The largest absolute Gasteiger partial charge is 0.466 e. The summed E-state index contributed by atoms with van der Waals surface area (Å²) in [7, 11) is 0. The number of carbonyl (C=O) groups excluding carboxylic acids is 2. The van der Waals surface area contributed by atoms with Crippen LogP contribution in [0.15, 0.2) is 24.3 Å². The summed E-state index contributed by atoms with van der Waals surface area (Å²) in [6.07, 6.45) is 91.5. The number of ether oxygens (including phenoxy) is 1. The molecule has 0 aliphatic rings. The van der Waals surface area contributed by atoms with Gasteiger partial charge in [0.2, 0.25) is 5.91 Å². The molecule has 2 atom stereocenters. The molecular formula is C76H147NO5. The van der Waals surface area contributed by atoms with Gasteiger partial charge in [-0.25, -0.2) is 0 Å². The van der Waals surface area contributed by atoms with Gasteiger partial charge in [0.1, 0.15) is 0 Å². The molecule has 0 heterocycles. The number of allylic oxidation sites excluding steroid dienone is 3. The molecule has 0 spiro atoms. The van der Waals surface area contributed by atoms with Crippen molar-refractivity contribution in [3.63, 3.8) is 0 Å². The first kappa shape index (κ1) is 80.3. The summed E-state index contributed by atoms with van der Waals surface area (Å²) in [5, 5.41) is 23.1. The molecule has 2 unspecified atom stereocenters. The minimum atomic E-state index is -0.841. The number of unbranched alkanes of at least 4 members (excludes halogenated alkanes) is 58. The van der Waals surface area contributed by atoms with Crippen molar-refractivity contribution in [2.45, 2.75) is 437 Å². The molecule has 0 fully saturated rings. The number of hydrogen-bond donors (Lipinski definition) is 3. The van der Waals surface area contributed by atoms with E-state index in [1.54, 1.807) is 6.08 Å². The van der Waals surface area contributed by atoms with Gasteiger partial charge in [0.05, 0.1) is 25.4 Å². The lowest BCUT2D eigenvalue weighted by Gasteiger charge is -2.20. The first-order valence-electron chi connectivity index (χ1n) is 37.6. The lowest BCUT2D eigenvalue weighted by molar-refractivity contribution is -0.143. The third-order valence-corrected chi connectivity index (χ3v) is 17.7. The Morgan fingerprint density at radius 1 is 0.329 bits per heavy atom. The fourth-order valence-electron chi connectivity index (χ4n) is 12.0. The van der Waals surface area contributed by atoms with Crippen LogP contribution in [0.5, 0.6) is 0 Å². The molecule has 486 valence electrons. The van der Waals surface area contributed by atoms with Crippen LogP contribution in [-0.4, -0.2) is 47.4 Å². The topological polar surface area (TPSA) is 95.9 Å². The van der Waals surface area contributed by atoms with Crippen molar-refractivity contribution < 1.29 is 24.5 Å². The molecule has 1 amide bonds. The maximum atomic E-state index is 12.5. The fourth-order valence-corrected chi connectivity index (χ4v) is 12.0. The highest BCUT2D eigenvalue weighted by Gasteiger charge is 2.18. The Morgan fingerprint density at radius 3 is 0.866 bits per heavy atom. The van der Waals surface area contributed by atoms with Gasteiger partial charge in [0, 0.05) is 12.8 Å². The van der Waals surface area contributed by atoms with E-state index in [2.05, 4.69) is 31.3 Å². The Balaban J connectivity index is 3.33. The number of nitrogens with one attached hydrogen (secondary N) is 1. The zero-order valence-electron chi connectivity index (χ0n) is 55.8. The van der Waals surface area contributed by atoms with Crippen LogP contribution >= 0.6 is 0 Å². The standard InChI is InChI=1S/C76H147NO5/c1-3-5-7-9-11-13-15-17-18-19-35-39-42-46-50-54-58-62-66-70-76(81)82-71-67-63-59-55-51-47-43-40-37-34-32-30-28-26-24-22-20-21-23-25-27-29-31-33-36-38-41-45-49-53-57-61-65-69-75(80)77-73(72-78)74(79)68-64-60-56-52-48-44-16-14-12-10-8-6-4-2/h24,26,64,68,73-74,78-79H,3-23,25,27-63,65-67,69-72H2,1-2H3,(H,77,80)/b26-24-,68-64+. The van der Waals surface area contributed by atoms with Crippen molar-refractivity contribution in [3.05, 3.63) is 24.3 Å². The van der Waals surface area contributed by atoms with Gasteiger partial charge in [0.25, 0.3) is 0 Å². The summed E-state index contributed by atoms with van der Waals surface area (Å²) in [4.78, 5) is 24.6.